The molecule has 3 heteroatoms. The molecule has 0 fully saturated rings. The van der Waals surface area contributed by atoms with Crippen LogP contribution in [0.2, 0.25) is 0 Å². The molecule has 0 radical (unpaired) electrons. The van der Waals surface area contributed by atoms with Gasteiger partial charge in [-0.2, -0.15) is 0 Å². The Labute approximate surface area is 85.5 Å². The summed E-state index contributed by atoms with van der Waals surface area (Å²) in [6.07, 6.45) is 0. The molecule has 1 aromatic carbocycles. The first-order valence-corrected chi connectivity index (χ1v) is 5.20. The Balaban J connectivity index is 3.19. The van der Waals surface area contributed by atoms with Crippen LogP contribution < -0.4 is 0 Å². The van der Waals surface area contributed by atoms with Gasteiger partial charge in [0.2, 0.25) is 0 Å². The van der Waals surface area contributed by atoms with E-state index in [4.69, 9.17) is 0 Å². The predicted molar refractivity (Wildman–Crippen MR) is 59.9 cm³/mol. The Hall–Kier alpha value is 0.350. The molecule has 0 saturated heterocycles. The highest BCUT2D eigenvalue weighted by molar-refractivity contribution is 9.11. The standard InChI is InChI=1S/C8H7Br2P/c1-5(11)6-2-7(9)4-8(10)3-6/h2-4,11H,1H3. The van der Waals surface area contributed by atoms with E-state index < -0.39 is 0 Å². The van der Waals surface area contributed by atoms with Crippen molar-refractivity contribution in [2.24, 2.45) is 0 Å². The number of benzene rings is 1. The number of halogens is 2. The van der Waals surface area contributed by atoms with E-state index in [1.807, 2.05) is 13.0 Å². The summed E-state index contributed by atoms with van der Waals surface area (Å²) in [6.45, 7) is 2.02. The topological polar surface area (TPSA) is 0 Å². The van der Waals surface area contributed by atoms with Gasteiger partial charge in [-0.05, 0) is 36.0 Å². The quantitative estimate of drug-likeness (QED) is 0.689. The van der Waals surface area contributed by atoms with E-state index in [1.54, 1.807) is 0 Å². The molecule has 0 nitrogen and oxygen atoms in total. The molecular formula is C8H7Br2P. The van der Waals surface area contributed by atoms with Gasteiger partial charge in [-0.15, -0.1) is 8.86 Å². The van der Waals surface area contributed by atoms with E-state index >= 15 is 0 Å². The molecule has 0 saturated carbocycles. The van der Waals surface area contributed by atoms with E-state index in [9.17, 15) is 0 Å². The lowest BCUT2D eigenvalue weighted by molar-refractivity contribution is 1.56. The third kappa shape index (κ3) is 2.70. The van der Waals surface area contributed by atoms with Crippen LogP contribution in [0.25, 0.3) is 0 Å². The van der Waals surface area contributed by atoms with Crippen LogP contribution >= 0.6 is 40.7 Å². The fraction of sp³-hybridized carbons (Fsp3) is 0.125. The summed E-state index contributed by atoms with van der Waals surface area (Å²) in [4.78, 5) is 0. The molecule has 0 aliphatic carbocycles. The molecule has 0 heterocycles. The molecule has 11 heavy (non-hydrogen) atoms. The summed E-state index contributed by atoms with van der Waals surface area (Å²) in [5.41, 5.74) is 1.18. The van der Waals surface area contributed by atoms with Crippen molar-refractivity contribution in [1.82, 2.24) is 0 Å². The summed E-state index contributed by atoms with van der Waals surface area (Å²) >= 11 is 6.83. The van der Waals surface area contributed by atoms with Crippen molar-refractivity contribution in [1.29, 1.82) is 0 Å². The molecular weight excluding hydrogens is 287 g/mol. The molecule has 0 aliphatic rings. The van der Waals surface area contributed by atoms with E-state index in [0.29, 0.717) is 0 Å². The van der Waals surface area contributed by atoms with Gasteiger partial charge < -0.3 is 0 Å². The first kappa shape index (κ1) is 9.44. The fourth-order valence-corrected chi connectivity index (χ4v) is 2.21. The molecule has 0 N–H and O–H groups in total. The van der Waals surface area contributed by atoms with E-state index in [0.717, 1.165) is 14.2 Å². The van der Waals surface area contributed by atoms with E-state index in [2.05, 4.69) is 52.9 Å². The van der Waals surface area contributed by atoms with Crippen molar-refractivity contribution in [3.05, 3.63) is 32.7 Å². The largest absolute Gasteiger partial charge is 0.118 e. The van der Waals surface area contributed by atoms with Crippen LogP contribution in [-0.2, 0) is 0 Å². The van der Waals surface area contributed by atoms with Gasteiger partial charge in [-0.1, -0.05) is 31.9 Å². The van der Waals surface area contributed by atoms with Gasteiger partial charge in [0, 0.05) is 8.95 Å². The van der Waals surface area contributed by atoms with Crippen LogP contribution in [0.15, 0.2) is 27.1 Å². The highest BCUT2D eigenvalue weighted by Crippen LogP contribution is 2.20. The van der Waals surface area contributed by atoms with E-state index in [-0.39, 0.29) is 0 Å². The minimum atomic E-state index is 1.08. The molecule has 1 rings (SSSR count). The highest BCUT2D eigenvalue weighted by Gasteiger charge is 1.97. The predicted octanol–water partition coefficient (Wildman–Crippen LogP) is 3.89. The summed E-state index contributed by atoms with van der Waals surface area (Å²) < 4.78 is 2.17. The molecule has 0 atom stereocenters. The average molecular weight is 294 g/mol. The van der Waals surface area contributed by atoms with Gasteiger partial charge >= 0.3 is 0 Å². The number of hydrogen-bond donors (Lipinski definition) is 0. The van der Waals surface area contributed by atoms with Crippen LogP contribution in [-0.4, -0.2) is 5.29 Å². The molecule has 0 bridgehead atoms. The van der Waals surface area contributed by atoms with Crippen LogP contribution in [0, 0.1) is 0 Å². The maximum Gasteiger partial charge on any atom is 0.0192 e. The Bertz CT molecular complexity index is 274. The smallest absolute Gasteiger partial charge is 0.0192 e. The van der Waals surface area contributed by atoms with Crippen LogP contribution in [0.5, 0.6) is 0 Å². The third-order valence-electron chi connectivity index (χ3n) is 1.30. The Morgan fingerprint density at radius 2 is 1.64 bits per heavy atom. The summed E-state index contributed by atoms with van der Waals surface area (Å²) in [6, 6.07) is 6.14. The fourth-order valence-electron chi connectivity index (χ4n) is 0.770. The van der Waals surface area contributed by atoms with Crippen LogP contribution in [0.4, 0.5) is 0 Å². The zero-order valence-corrected chi connectivity index (χ0v) is 10.2. The maximum atomic E-state index is 3.47. The monoisotopic (exact) mass is 292 g/mol. The van der Waals surface area contributed by atoms with Gasteiger partial charge in [-0.3, -0.25) is 0 Å². The van der Waals surface area contributed by atoms with Crippen LogP contribution in [0.3, 0.4) is 0 Å². The minimum Gasteiger partial charge on any atom is -0.118 e. The van der Waals surface area contributed by atoms with Crippen molar-refractivity contribution >= 4 is 46.0 Å². The van der Waals surface area contributed by atoms with Gasteiger partial charge in [0.15, 0.2) is 0 Å². The lowest BCUT2D eigenvalue weighted by atomic mass is 10.2. The Kier molecular flexibility index (Phi) is 3.29. The molecule has 0 aromatic heterocycles. The van der Waals surface area contributed by atoms with Gasteiger partial charge in [0.05, 0.1) is 0 Å². The third-order valence-corrected chi connectivity index (χ3v) is 2.50. The average Bonchev–Trinajstić information content (AvgIpc) is 1.85. The molecule has 0 amide bonds. The van der Waals surface area contributed by atoms with Gasteiger partial charge in [0.1, 0.15) is 0 Å². The molecule has 58 valence electrons. The highest BCUT2D eigenvalue weighted by atomic mass is 79.9. The van der Waals surface area contributed by atoms with Crippen molar-refractivity contribution in [3.8, 4) is 0 Å². The van der Waals surface area contributed by atoms with Crippen molar-refractivity contribution in [2.45, 2.75) is 6.92 Å². The zero-order valence-electron chi connectivity index (χ0n) is 5.99. The minimum absolute atomic E-state index is 1.08. The molecule has 0 spiro atoms. The van der Waals surface area contributed by atoms with Crippen molar-refractivity contribution in [3.63, 3.8) is 0 Å². The Morgan fingerprint density at radius 3 is 2.00 bits per heavy atom. The van der Waals surface area contributed by atoms with Crippen LogP contribution in [0.1, 0.15) is 12.5 Å². The first-order valence-electron chi connectivity index (χ1n) is 3.11. The lowest BCUT2D eigenvalue weighted by Crippen LogP contribution is -1.88. The maximum absolute atomic E-state index is 3.47. The Morgan fingerprint density at radius 1 is 1.18 bits per heavy atom. The SMILES string of the molecule is CC(=P)c1cc(Br)cc(Br)c1. The van der Waals surface area contributed by atoms with Gasteiger partial charge in [-0.25, -0.2) is 0 Å². The van der Waals surface area contributed by atoms with E-state index in [1.165, 1.54) is 5.56 Å². The normalized spacial score (nSPS) is 9.73. The lowest BCUT2D eigenvalue weighted by Gasteiger charge is -2.00. The zero-order chi connectivity index (χ0) is 8.43. The molecule has 0 aliphatic heterocycles. The first-order chi connectivity index (χ1) is 5.09. The number of hydrogen-bond acceptors (Lipinski definition) is 0. The molecule has 1 aromatic rings. The number of rotatable bonds is 1. The van der Waals surface area contributed by atoms with Crippen molar-refractivity contribution in [2.75, 3.05) is 0 Å². The summed E-state index contributed by atoms with van der Waals surface area (Å²) in [5.74, 6) is 0. The second kappa shape index (κ2) is 3.84. The molecule has 0 unspecified atom stereocenters. The second-order valence-corrected chi connectivity index (χ2v) is 4.86. The summed E-state index contributed by atoms with van der Waals surface area (Å²) in [7, 11) is 3.47. The van der Waals surface area contributed by atoms with Crippen molar-refractivity contribution < 1.29 is 0 Å². The second-order valence-electron chi connectivity index (χ2n) is 2.28. The van der Waals surface area contributed by atoms with Gasteiger partial charge in [0.25, 0.3) is 0 Å². The summed E-state index contributed by atoms with van der Waals surface area (Å²) in [5, 5.41) is 1.13.